The Kier molecular flexibility index (Phi) is 4.98. The van der Waals surface area contributed by atoms with Gasteiger partial charge in [-0.05, 0) is 37.5 Å². The van der Waals surface area contributed by atoms with Crippen molar-refractivity contribution in [3.8, 4) is 0 Å². The molecular weight excluding hydrogens is 212 g/mol. The summed E-state index contributed by atoms with van der Waals surface area (Å²) in [4.78, 5) is 0. The van der Waals surface area contributed by atoms with Crippen molar-refractivity contribution in [1.82, 2.24) is 0 Å². The van der Waals surface area contributed by atoms with E-state index in [4.69, 9.17) is 0 Å². The molecule has 1 heteroatoms. The molecule has 0 radical (unpaired) electrons. The van der Waals surface area contributed by atoms with Gasteiger partial charge >= 0.3 is 0 Å². The lowest BCUT2D eigenvalue weighted by molar-refractivity contribution is 0.272. The number of rotatable bonds is 4. The molecule has 0 nitrogen and oxygen atoms in total. The van der Waals surface area contributed by atoms with E-state index in [1.807, 2.05) is 0 Å². The van der Waals surface area contributed by atoms with Crippen LogP contribution in [-0.4, -0.2) is 5.33 Å². The molecular formula is C11H19Br. The Balaban J connectivity index is 2.15. The van der Waals surface area contributed by atoms with E-state index in [0.717, 1.165) is 11.8 Å². The molecule has 0 N–H and O–H groups in total. The second-order valence-corrected chi connectivity index (χ2v) is 4.68. The molecule has 0 aliphatic heterocycles. The van der Waals surface area contributed by atoms with E-state index in [1.54, 1.807) is 0 Å². The highest BCUT2D eigenvalue weighted by atomic mass is 79.9. The van der Waals surface area contributed by atoms with Crippen molar-refractivity contribution < 1.29 is 0 Å². The van der Waals surface area contributed by atoms with Crippen LogP contribution < -0.4 is 0 Å². The highest BCUT2D eigenvalue weighted by molar-refractivity contribution is 9.09. The Morgan fingerprint density at radius 2 is 1.75 bits per heavy atom. The molecule has 0 heterocycles. The monoisotopic (exact) mass is 230 g/mol. The number of halogens is 1. The zero-order valence-electron chi connectivity index (χ0n) is 7.77. The minimum Gasteiger partial charge on any atom is -0.103 e. The molecule has 0 bridgehead atoms. The molecule has 0 spiro atoms. The van der Waals surface area contributed by atoms with Gasteiger partial charge in [0.15, 0.2) is 0 Å². The molecule has 0 aromatic rings. The van der Waals surface area contributed by atoms with Gasteiger partial charge in [0.1, 0.15) is 0 Å². The van der Waals surface area contributed by atoms with Crippen molar-refractivity contribution in [3.05, 3.63) is 12.7 Å². The highest BCUT2D eigenvalue weighted by Crippen LogP contribution is 2.32. The molecule has 1 rings (SSSR count). The molecule has 0 atom stereocenters. The van der Waals surface area contributed by atoms with Crippen LogP contribution >= 0.6 is 15.9 Å². The van der Waals surface area contributed by atoms with Gasteiger partial charge in [-0.1, -0.05) is 34.8 Å². The van der Waals surface area contributed by atoms with Gasteiger partial charge in [-0.25, -0.2) is 0 Å². The molecule has 1 saturated carbocycles. The van der Waals surface area contributed by atoms with Gasteiger partial charge in [-0.3, -0.25) is 0 Å². The maximum Gasteiger partial charge on any atom is 0.00339 e. The fourth-order valence-electron chi connectivity index (χ4n) is 2.15. The zero-order chi connectivity index (χ0) is 8.81. The lowest BCUT2D eigenvalue weighted by atomic mass is 9.79. The number of alkyl halides is 1. The topological polar surface area (TPSA) is 0 Å². The molecule has 1 aliphatic carbocycles. The molecule has 0 aromatic heterocycles. The van der Waals surface area contributed by atoms with E-state index < -0.39 is 0 Å². The normalized spacial score (nSPS) is 30.1. The van der Waals surface area contributed by atoms with Crippen LogP contribution in [0.5, 0.6) is 0 Å². The number of allylic oxidation sites excluding steroid dienone is 1. The van der Waals surface area contributed by atoms with E-state index >= 15 is 0 Å². The standard InChI is InChI=1S/C11H19Br/c1-2-3-10-4-6-11(7-5-10)8-9-12/h2,10-11H,1,3-9H2/t10-,11-. The van der Waals surface area contributed by atoms with E-state index in [-0.39, 0.29) is 0 Å². The second-order valence-electron chi connectivity index (χ2n) is 3.89. The van der Waals surface area contributed by atoms with E-state index in [9.17, 15) is 0 Å². The molecule has 0 unspecified atom stereocenters. The minimum absolute atomic E-state index is 0.953. The first-order valence-corrected chi connectivity index (χ1v) is 6.15. The second kappa shape index (κ2) is 5.80. The summed E-state index contributed by atoms with van der Waals surface area (Å²) in [5.74, 6) is 1.96. The van der Waals surface area contributed by atoms with Gasteiger partial charge in [-0.2, -0.15) is 0 Å². The van der Waals surface area contributed by atoms with Crippen molar-refractivity contribution in [1.29, 1.82) is 0 Å². The minimum atomic E-state index is 0.953. The third-order valence-electron chi connectivity index (χ3n) is 2.98. The maximum atomic E-state index is 3.80. The first-order valence-electron chi connectivity index (χ1n) is 5.03. The van der Waals surface area contributed by atoms with Gasteiger partial charge in [0.05, 0.1) is 0 Å². The Morgan fingerprint density at radius 1 is 1.17 bits per heavy atom. The Bertz CT molecular complexity index is 123. The summed E-state index contributed by atoms with van der Waals surface area (Å²) in [6.45, 7) is 3.80. The largest absolute Gasteiger partial charge is 0.103 e. The Labute approximate surface area is 84.6 Å². The lowest BCUT2D eigenvalue weighted by Crippen LogP contribution is -2.14. The highest BCUT2D eigenvalue weighted by Gasteiger charge is 2.19. The average Bonchev–Trinajstić information content (AvgIpc) is 2.09. The van der Waals surface area contributed by atoms with Gasteiger partial charge in [0.25, 0.3) is 0 Å². The van der Waals surface area contributed by atoms with Crippen molar-refractivity contribution in [2.75, 3.05) is 5.33 Å². The summed E-state index contributed by atoms with van der Waals surface area (Å²) in [7, 11) is 0. The van der Waals surface area contributed by atoms with Crippen LogP contribution in [0.1, 0.15) is 38.5 Å². The van der Waals surface area contributed by atoms with Gasteiger partial charge in [0.2, 0.25) is 0 Å². The molecule has 12 heavy (non-hydrogen) atoms. The van der Waals surface area contributed by atoms with Gasteiger partial charge < -0.3 is 0 Å². The third-order valence-corrected chi connectivity index (χ3v) is 3.44. The van der Waals surface area contributed by atoms with E-state index in [2.05, 4.69) is 28.6 Å². The van der Waals surface area contributed by atoms with Crippen molar-refractivity contribution in [2.45, 2.75) is 38.5 Å². The van der Waals surface area contributed by atoms with Crippen LogP contribution in [0, 0.1) is 11.8 Å². The molecule has 70 valence electrons. The summed E-state index contributed by atoms with van der Waals surface area (Å²) >= 11 is 3.51. The summed E-state index contributed by atoms with van der Waals surface area (Å²) in [6, 6.07) is 0. The lowest BCUT2D eigenvalue weighted by Gasteiger charge is -2.27. The van der Waals surface area contributed by atoms with Crippen LogP contribution in [0.4, 0.5) is 0 Å². The predicted octanol–water partition coefficient (Wildman–Crippen LogP) is 4.15. The van der Waals surface area contributed by atoms with Crippen LogP contribution in [0.3, 0.4) is 0 Å². The van der Waals surface area contributed by atoms with Crippen molar-refractivity contribution in [3.63, 3.8) is 0 Å². The van der Waals surface area contributed by atoms with Crippen LogP contribution in [0.2, 0.25) is 0 Å². The quantitative estimate of drug-likeness (QED) is 0.503. The van der Waals surface area contributed by atoms with Gasteiger partial charge in [-0.15, -0.1) is 6.58 Å². The Morgan fingerprint density at radius 3 is 2.25 bits per heavy atom. The maximum absolute atomic E-state index is 3.80. The van der Waals surface area contributed by atoms with Crippen LogP contribution in [0.25, 0.3) is 0 Å². The average molecular weight is 231 g/mol. The van der Waals surface area contributed by atoms with Crippen molar-refractivity contribution in [2.24, 2.45) is 11.8 Å². The van der Waals surface area contributed by atoms with Crippen LogP contribution in [-0.2, 0) is 0 Å². The fraction of sp³-hybridized carbons (Fsp3) is 0.818. The SMILES string of the molecule is C=CC[C@H]1CC[C@H](CCBr)CC1. The summed E-state index contributed by atoms with van der Waals surface area (Å²) in [5.41, 5.74) is 0. The fourth-order valence-corrected chi connectivity index (χ4v) is 2.79. The molecule has 1 aliphatic rings. The zero-order valence-corrected chi connectivity index (χ0v) is 9.35. The summed E-state index contributed by atoms with van der Waals surface area (Å²) < 4.78 is 0. The number of hydrogen-bond acceptors (Lipinski definition) is 0. The van der Waals surface area contributed by atoms with Gasteiger partial charge in [0, 0.05) is 5.33 Å². The molecule has 1 fully saturated rings. The summed E-state index contributed by atoms with van der Waals surface area (Å²) in [5, 5.41) is 1.18. The van der Waals surface area contributed by atoms with Crippen LogP contribution in [0.15, 0.2) is 12.7 Å². The number of hydrogen-bond donors (Lipinski definition) is 0. The first-order chi connectivity index (χ1) is 5.86. The smallest absolute Gasteiger partial charge is 0.00339 e. The first kappa shape index (κ1) is 10.3. The van der Waals surface area contributed by atoms with E-state index in [1.165, 1.54) is 43.9 Å². The third kappa shape index (κ3) is 3.30. The Hall–Kier alpha value is 0.220. The van der Waals surface area contributed by atoms with E-state index in [0.29, 0.717) is 0 Å². The predicted molar refractivity (Wildman–Crippen MR) is 58.7 cm³/mol. The molecule has 0 saturated heterocycles. The molecule has 0 amide bonds. The van der Waals surface area contributed by atoms with Crippen molar-refractivity contribution >= 4 is 15.9 Å². The summed E-state index contributed by atoms with van der Waals surface area (Å²) in [6.07, 6.45) is 10.5. The molecule has 0 aromatic carbocycles.